The van der Waals surface area contributed by atoms with Crippen LogP contribution >= 0.6 is 0 Å². The molecule has 6 heteroatoms. The normalized spacial score (nSPS) is 14.1. The first-order valence-electron chi connectivity index (χ1n) is 7.30. The van der Waals surface area contributed by atoms with E-state index in [2.05, 4.69) is 5.32 Å². The fraction of sp³-hybridized carbons (Fsp3) is 0.235. The fourth-order valence-corrected chi connectivity index (χ4v) is 3.46. The molecule has 1 aliphatic rings. The number of rotatable bonds is 3. The minimum absolute atomic E-state index is 0.0334. The van der Waals surface area contributed by atoms with Crippen molar-refractivity contribution in [3.63, 3.8) is 0 Å². The molecular formula is C17H17NO4S. The standard InChI is InChI=1S/C17H17NO4S/c1-11-3-6-15(9-12(11)2)23(20,21)22-14-5-7-16-13(10-14)4-8-17(19)18-16/h3,5-7,9-10H,4,8H2,1-2H3,(H,18,19). The van der Waals surface area contributed by atoms with E-state index in [0.29, 0.717) is 18.5 Å². The monoisotopic (exact) mass is 331 g/mol. The van der Waals surface area contributed by atoms with Crippen LogP contribution in [-0.4, -0.2) is 14.3 Å². The third-order valence-electron chi connectivity index (χ3n) is 3.95. The molecule has 1 aliphatic heterocycles. The van der Waals surface area contributed by atoms with Crippen LogP contribution in [0.5, 0.6) is 5.75 Å². The second-order valence-electron chi connectivity index (χ2n) is 5.65. The lowest BCUT2D eigenvalue weighted by atomic mass is 10.0. The predicted octanol–water partition coefficient (Wildman–Crippen LogP) is 2.96. The van der Waals surface area contributed by atoms with Gasteiger partial charge in [-0.25, -0.2) is 0 Å². The van der Waals surface area contributed by atoms with Crippen LogP contribution in [-0.2, 0) is 21.3 Å². The average Bonchev–Trinajstić information content (AvgIpc) is 2.49. The summed E-state index contributed by atoms with van der Waals surface area (Å²) in [7, 11) is -3.88. The lowest BCUT2D eigenvalue weighted by Gasteiger charge is -2.17. The Balaban J connectivity index is 1.88. The van der Waals surface area contributed by atoms with Gasteiger partial charge in [0, 0.05) is 12.1 Å². The smallest absolute Gasteiger partial charge is 0.339 e. The molecule has 0 spiro atoms. The highest BCUT2D eigenvalue weighted by Crippen LogP contribution is 2.28. The maximum atomic E-state index is 12.4. The molecule has 3 rings (SSSR count). The molecule has 1 amide bonds. The molecule has 0 saturated heterocycles. The molecule has 0 unspecified atom stereocenters. The largest absolute Gasteiger partial charge is 0.379 e. The van der Waals surface area contributed by atoms with Gasteiger partial charge in [-0.2, -0.15) is 8.42 Å². The van der Waals surface area contributed by atoms with E-state index >= 15 is 0 Å². The van der Waals surface area contributed by atoms with Crippen LogP contribution in [0.15, 0.2) is 41.3 Å². The van der Waals surface area contributed by atoms with Gasteiger partial charge in [0.1, 0.15) is 10.6 Å². The van der Waals surface area contributed by atoms with Crippen molar-refractivity contribution in [2.75, 3.05) is 5.32 Å². The van der Waals surface area contributed by atoms with E-state index in [4.69, 9.17) is 4.18 Å². The Morgan fingerprint density at radius 2 is 1.78 bits per heavy atom. The average molecular weight is 331 g/mol. The SMILES string of the molecule is Cc1ccc(S(=O)(=O)Oc2ccc3c(c2)CCC(=O)N3)cc1C. The van der Waals surface area contributed by atoms with Gasteiger partial charge in [0.15, 0.2) is 0 Å². The molecule has 0 atom stereocenters. The third kappa shape index (κ3) is 3.22. The van der Waals surface area contributed by atoms with E-state index in [1.165, 1.54) is 6.07 Å². The number of nitrogens with one attached hydrogen (secondary N) is 1. The zero-order chi connectivity index (χ0) is 16.6. The fourth-order valence-electron chi connectivity index (χ4n) is 2.46. The van der Waals surface area contributed by atoms with Gasteiger partial charge in [-0.1, -0.05) is 6.07 Å². The predicted molar refractivity (Wildman–Crippen MR) is 87.1 cm³/mol. The Morgan fingerprint density at radius 1 is 1.00 bits per heavy atom. The highest BCUT2D eigenvalue weighted by molar-refractivity contribution is 7.87. The Bertz CT molecular complexity index is 887. The van der Waals surface area contributed by atoms with Crippen molar-refractivity contribution in [1.82, 2.24) is 0 Å². The van der Waals surface area contributed by atoms with Gasteiger partial charge in [-0.15, -0.1) is 0 Å². The van der Waals surface area contributed by atoms with Gasteiger partial charge < -0.3 is 9.50 Å². The van der Waals surface area contributed by atoms with Gasteiger partial charge >= 0.3 is 10.1 Å². The molecular weight excluding hydrogens is 314 g/mol. The molecule has 0 fully saturated rings. The Labute approximate surface area is 135 Å². The molecule has 2 aromatic rings. The summed E-state index contributed by atoms with van der Waals surface area (Å²) in [4.78, 5) is 11.5. The van der Waals surface area contributed by atoms with Crippen molar-refractivity contribution in [1.29, 1.82) is 0 Å². The molecule has 5 nitrogen and oxygen atoms in total. The van der Waals surface area contributed by atoms with Gasteiger partial charge in [0.05, 0.1) is 0 Å². The van der Waals surface area contributed by atoms with Crippen molar-refractivity contribution in [3.8, 4) is 5.75 Å². The van der Waals surface area contributed by atoms with Crippen molar-refractivity contribution >= 4 is 21.7 Å². The van der Waals surface area contributed by atoms with Crippen LogP contribution in [0.25, 0.3) is 0 Å². The summed E-state index contributed by atoms with van der Waals surface area (Å²) >= 11 is 0. The second-order valence-corrected chi connectivity index (χ2v) is 7.20. The Morgan fingerprint density at radius 3 is 2.52 bits per heavy atom. The summed E-state index contributed by atoms with van der Waals surface area (Å²) < 4.78 is 30.0. The summed E-state index contributed by atoms with van der Waals surface area (Å²) in [6.45, 7) is 3.78. The molecule has 23 heavy (non-hydrogen) atoms. The van der Waals surface area contributed by atoms with Crippen LogP contribution in [0.4, 0.5) is 5.69 Å². The first kappa shape index (κ1) is 15.6. The van der Waals surface area contributed by atoms with E-state index in [1.54, 1.807) is 30.3 Å². The second kappa shape index (κ2) is 5.70. The van der Waals surface area contributed by atoms with E-state index in [-0.39, 0.29) is 16.6 Å². The summed E-state index contributed by atoms with van der Waals surface area (Å²) in [5, 5.41) is 2.75. The van der Waals surface area contributed by atoms with Crippen LogP contribution in [0.3, 0.4) is 0 Å². The van der Waals surface area contributed by atoms with Gasteiger partial charge in [-0.05, 0) is 67.3 Å². The number of carbonyl (C=O) groups excluding carboxylic acids is 1. The zero-order valence-electron chi connectivity index (χ0n) is 12.9. The molecule has 0 bridgehead atoms. The molecule has 1 heterocycles. The number of amides is 1. The number of aryl methyl sites for hydroxylation is 3. The van der Waals surface area contributed by atoms with Crippen molar-refractivity contribution in [2.45, 2.75) is 31.6 Å². The van der Waals surface area contributed by atoms with Crippen molar-refractivity contribution in [2.24, 2.45) is 0 Å². The molecule has 0 aliphatic carbocycles. The van der Waals surface area contributed by atoms with Crippen LogP contribution in [0.2, 0.25) is 0 Å². The van der Waals surface area contributed by atoms with Crippen molar-refractivity contribution in [3.05, 3.63) is 53.1 Å². The topological polar surface area (TPSA) is 72.5 Å². The number of anilines is 1. The quantitative estimate of drug-likeness (QED) is 0.878. The maximum Gasteiger partial charge on any atom is 0.339 e. The highest BCUT2D eigenvalue weighted by atomic mass is 32.2. The van der Waals surface area contributed by atoms with Crippen LogP contribution < -0.4 is 9.50 Å². The number of hydrogen-bond acceptors (Lipinski definition) is 4. The van der Waals surface area contributed by atoms with Gasteiger partial charge in [-0.3, -0.25) is 4.79 Å². The first-order chi connectivity index (χ1) is 10.8. The first-order valence-corrected chi connectivity index (χ1v) is 8.70. The van der Waals surface area contributed by atoms with Crippen molar-refractivity contribution < 1.29 is 17.4 Å². The number of fused-ring (bicyclic) bond motifs is 1. The van der Waals surface area contributed by atoms with Crippen LogP contribution in [0.1, 0.15) is 23.1 Å². The molecule has 0 aromatic heterocycles. The summed E-state index contributed by atoms with van der Waals surface area (Å²) in [5.74, 6) is 0.215. The molecule has 0 radical (unpaired) electrons. The Hall–Kier alpha value is -2.34. The van der Waals surface area contributed by atoms with E-state index in [0.717, 1.165) is 16.7 Å². The van der Waals surface area contributed by atoms with Gasteiger partial charge in [0.25, 0.3) is 0 Å². The lowest BCUT2D eigenvalue weighted by molar-refractivity contribution is -0.116. The van der Waals surface area contributed by atoms with Crippen LogP contribution in [0, 0.1) is 13.8 Å². The zero-order valence-corrected chi connectivity index (χ0v) is 13.7. The maximum absolute atomic E-state index is 12.4. The number of carbonyl (C=O) groups is 1. The molecule has 120 valence electrons. The molecule has 2 aromatic carbocycles. The van der Waals surface area contributed by atoms with E-state index in [9.17, 15) is 13.2 Å². The summed E-state index contributed by atoms with van der Waals surface area (Å²) in [6, 6.07) is 9.77. The third-order valence-corrected chi connectivity index (χ3v) is 5.19. The Kier molecular flexibility index (Phi) is 3.85. The molecule has 1 N–H and O–H groups in total. The van der Waals surface area contributed by atoms with E-state index in [1.807, 2.05) is 13.8 Å². The lowest BCUT2D eigenvalue weighted by Crippen LogP contribution is -2.19. The number of hydrogen-bond donors (Lipinski definition) is 1. The summed E-state index contributed by atoms with van der Waals surface area (Å²) in [6.07, 6.45) is 0.961. The minimum atomic E-state index is -3.88. The summed E-state index contributed by atoms with van der Waals surface area (Å²) in [5.41, 5.74) is 3.49. The number of benzene rings is 2. The van der Waals surface area contributed by atoms with E-state index < -0.39 is 10.1 Å². The highest BCUT2D eigenvalue weighted by Gasteiger charge is 2.20. The molecule has 0 saturated carbocycles. The van der Waals surface area contributed by atoms with Gasteiger partial charge in [0.2, 0.25) is 5.91 Å². The minimum Gasteiger partial charge on any atom is -0.379 e.